The first kappa shape index (κ1) is 18.2. The van der Waals surface area contributed by atoms with Gasteiger partial charge in [-0.3, -0.25) is 4.79 Å². The second-order valence-electron chi connectivity index (χ2n) is 6.15. The molecule has 6 heteroatoms. The number of ether oxygens (including phenoxy) is 1. The largest absolute Gasteiger partial charge is 0.480 e. The van der Waals surface area contributed by atoms with Crippen molar-refractivity contribution in [3.8, 4) is 17.5 Å². The van der Waals surface area contributed by atoms with Crippen LogP contribution in [0.5, 0.6) is 5.75 Å². The number of aryl methyl sites for hydroxylation is 1. The second-order valence-corrected chi connectivity index (χ2v) is 6.15. The summed E-state index contributed by atoms with van der Waals surface area (Å²) in [6.07, 6.45) is -0.765. The summed E-state index contributed by atoms with van der Waals surface area (Å²) in [5, 5.41) is 16.6. The van der Waals surface area contributed by atoms with E-state index in [1.54, 1.807) is 35.9 Å². The van der Waals surface area contributed by atoms with Crippen LogP contribution in [-0.2, 0) is 4.79 Å². The number of rotatable bonds is 5. The highest BCUT2D eigenvalue weighted by Gasteiger charge is 2.20. The van der Waals surface area contributed by atoms with Gasteiger partial charge in [0.1, 0.15) is 11.8 Å². The lowest BCUT2D eigenvalue weighted by atomic mass is 10.2. The van der Waals surface area contributed by atoms with Crippen LogP contribution in [0.4, 0.5) is 5.69 Å². The van der Waals surface area contributed by atoms with E-state index in [1.807, 2.05) is 44.2 Å². The van der Waals surface area contributed by atoms with Crippen LogP contribution in [0.2, 0.25) is 0 Å². The van der Waals surface area contributed by atoms with Crippen molar-refractivity contribution in [2.45, 2.75) is 26.9 Å². The number of benzene rings is 2. The van der Waals surface area contributed by atoms with Gasteiger partial charge in [-0.25, -0.2) is 4.68 Å². The topological polar surface area (TPSA) is 79.9 Å². The van der Waals surface area contributed by atoms with Crippen molar-refractivity contribution in [1.29, 1.82) is 5.26 Å². The first-order valence-electron chi connectivity index (χ1n) is 8.59. The summed E-state index contributed by atoms with van der Waals surface area (Å²) < 4.78 is 7.47. The van der Waals surface area contributed by atoms with E-state index in [0.717, 1.165) is 11.4 Å². The van der Waals surface area contributed by atoms with Crippen LogP contribution in [0.15, 0.2) is 54.6 Å². The number of carbonyl (C=O) groups excluding carboxylic acids is 1. The Hall–Kier alpha value is -3.59. The lowest BCUT2D eigenvalue weighted by molar-refractivity contribution is -0.122. The molecule has 6 nitrogen and oxygen atoms in total. The van der Waals surface area contributed by atoms with Crippen LogP contribution in [-0.4, -0.2) is 21.8 Å². The number of amides is 1. The fourth-order valence-corrected chi connectivity index (χ4v) is 2.77. The molecule has 0 saturated carbocycles. The normalized spacial score (nSPS) is 11.5. The fourth-order valence-electron chi connectivity index (χ4n) is 2.77. The Morgan fingerprint density at radius 3 is 2.52 bits per heavy atom. The van der Waals surface area contributed by atoms with Crippen molar-refractivity contribution in [3.63, 3.8) is 0 Å². The van der Waals surface area contributed by atoms with Gasteiger partial charge in [0.15, 0.2) is 6.10 Å². The van der Waals surface area contributed by atoms with Crippen LogP contribution in [0.1, 0.15) is 23.9 Å². The lowest BCUT2D eigenvalue weighted by Crippen LogP contribution is -2.30. The molecule has 0 fully saturated rings. The number of carbonyl (C=O) groups is 1. The third-order valence-electron chi connectivity index (χ3n) is 4.22. The highest BCUT2D eigenvalue weighted by Crippen LogP contribution is 2.24. The van der Waals surface area contributed by atoms with Crippen LogP contribution in [0.25, 0.3) is 5.69 Å². The lowest BCUT2D eigenvalue weighted by Gasteiger charge is -2.15. The van der Waals surface area contributed by atoms with E-state index >= 15 is 0 Å². The van der Waals surface area contributed by atoms with Gasteiger partial charge in [-0.05, 0) is 45.0 Å². The van der Waals surface area contributed by atoms with Crippen LogP contribution < -0.4 is 10.1 Å². The summed E-state index contributed by atoms with van der Waals surface area (Å²) in [5.74, 6) is 0.0811. The molecule has 0 aliphatic heterocycles. The van der Waals surface area contributed by atoms with E-state index in [9.17, 15) is 4.79 Å². The third kappa shape index (κ3) is 3.82. The van der Waals surface area contributed by atoms with Gasteiger partial charge in [-0.2, -0.15) is 10.4 Å². The Morgan fingerprint density at radius 2 is 1.81 bits per heavy atom. The Kier molecular flexibility index (Phi) is 5.23. The van der Waals surface area contributed by atoms with E-state index in [4.69, 9.17) is 10.00 Å². The first-order chi connectivity index (χ1) is 13.0. The van der Waals surface area contributed by atoms with Crippen molar-refractivity contribution in [2.24, 2.45) is 0 Å². The predicted molar refractivity (Wildman–Crippen MR) is 103 cm³/mol. The highest BCUT2D eigenvalue weighted by atomic mass is 16.5. The van der Waals surface area contributed by atoms with Gasteiger partial charge in [0.25, 0.3) is 5.91 Å². The zero-order chi connectivity index (χ0) is 19.4. The molecule has 1 heterocycles. The number of para-hydroxylation sites is 2. The van der Waals surface area contributed by atoms with E-state index < -0.39 is 6.10 Å². The van der Waals surface area contributed by atoms with Crippen molar-refractivity contribution in [1.82, 2.24) is 9.78 Å². The number of aromatic nitrogens is 2. The van der Waals surface area contributed by atoms with Gasteiger partial charge in [0.2, 0.25) is 0 Å². The summed E-state index contributed by atoms with van der Waals surface area (Å²) in [4.78, 5) is 12.6. The zero-order valence-electron chi connectivity index (χ0n) is 15.4. The van der Waals surface area contributed by atoms with Gasteiger partial charge >= 0.3 is 0 Å². The minimum atomic E-state index is -0.765. The molecule has 3 rings (SSSR count). The van der Waals surface area contributed by atoms with Gasteiger partial charge < -0.3 is 10.1 Å². The third-order valence-corrected chi connectivity index (χ3v) is 4.22. The summed E-state index contributed by atoms with van der Waals surface area (Å²) in [5.41, 5.74) is 3.52. The van der Waals surface area contributed by atoms with Gasteiger partial charge in [0, 0.05) is 0 Å². The molecule has 0 spiro atoms. The number of nitriles is 1. The Bertz CT molecular complexity index is 1000. The first-order valence-corrected chi connectivity index (χ1v) is 8.59. The van der Waals surface area contributed by atoms with E-state index in [0.29, 0.717) is 22.7 Å². The van der Waals surface area contributed by atoms with Crippen molar-refractivity contribution < 1.29 is 9.53 Å². The maximum Gasteiger partial charge on any atom is 0.265 e. The highest BCUT2D eigenvalue weighted by molar-refractivity contribution is 5.95. The van der Waals surface area contributed by atoms with Crippen molar-refractivity contribution in [2.75, 3.05) is 5.32 Å². The molecule has 0 bridgehead atoms. The van der Waals surface area contributed by atoms with Crippen LogP contribution in [0.3, 0.4) is 0 Å². The van der Waals surface area contributed by atoms with Crippen molar-refractivity contribution >= 4 is 11.6 Å². The Balaban J connectivity index is 1.78. The maximum atomic E-state index is 12.6. The molecule has 0 saturated heterocycles. The predicted octanol–water partition coefficient (Wildman–Crippen LogP) is 3.77. The molecule has 0 aliphatic rings. The second kappa shape index (κ2) is 7.75. The van der Waals surface area contributed by atoms with Gasteiger partial charge in [0.05, 0.1) is 28.3 Å². The molecule has 2 aromatic carbocycles. The molecular weight excluding hydrogens is 340 g/mol. The summed E-state index contributed by atoms with van der Waals surface area (Å²) in [7, 11) is 0. The van der Waals surface area contributed by atoms with E-state index in [2.05, 4.69) is 16.5 Å². The van der Waals surface area contributed by atoms with E-state index in [-0.39, 0.29) is 5.91 Å². The zero-order valence-corrected chi connectivity index (χ0v) is 15.4. The number of hydrogen-bond donors (Lipinski definition) is 1. The minimum absolute atomic E-state index is 0.304. The fraction of sp³-hybridized carbons (Fsp3) is 0.190. The van der Waals surface area contributed by atoms with Crippen molar-refractivity contribution in [3.05, 3.63) is 71.5 Å². The molecular formula is C21H20N4O2. The van der Waals surface area contributed by atoms with Gasteiger partial charge in [-0.1, -0.05) is 30.3 Å². The molecule has 0 aliphatic carbocycles. The molecule has 1 aromatic heterocycles. The number of nitrogens with one attached hydrogen (secondary N) is 1. The molecule has 3 aromatic rings. The van der Waals surface area contributed by atoms with Crippen LogP contribution in [0, 0.1) is 25.2 Å². The molecule has 1 unspecified atom stereocenters. The Morgan fingerprint density at radius 1 is 1.15 bits per heavy atom. The average molecular weight is 360 g/mol. The minimum Gasteiger partial charge on any atom is -0.480 e. The summed E-state index contributed by atoms with van der Waals surface area (Å²) in [6, 6.07) is 18.6. The standard InChI is InChI=1S/C21H20N4O2/c1-14-20(15(2)25(24-14)18-10-5-4-6-11-18)23-21(26)16(3)27-19-12-8-7-9-17(19)13-22/h4-12,16H,1-3H3,(H,23,26). The maximum absolute atomic E-state index is 12.6. The Labute approximate surface area is 158 Å². The van der Waals surface area contributed by atoms with Gasteiger partial charge in [-0.15, -0.1) is 0 Å². The molecule has 0 radical (unpaired) electrons. The quantitative estimate of drug-likeness (QED) is 0.751. The monoisotopic (exact) mass is 360 g/mol. The smallest absolute Gasteiger partial charge is 0.265 e. The number of anilines is 1. The molecule has 1 N–H and O–H groups in total. The summed E-state index contributed by atoms with van der Waals surface area (Å²) >= 11 is 0. The molecule has 1 amide bonds. The molecule has 27 heavy (non-hydrogen) atoms. The van der Waals surface area contributed by atoms with E-state index in [1.165, 1.54) is 0 Å². The molecule has 1 atom stereocenters. The molecule has 136 valence electrons. The number of nitrogens with zero attached hydrogens (tertiary/aromatic N) is 3. The number of hydrogen-bond acceptors (Lipinski definition) is 4. The summed E-state index contributed by atoms with van der Waals surface area (Å²) in [6.45, 7) is 5.40. The average Bonchev–Trinajstić information content (AvgIpc) is 2.97. The SMILES string of the molecule is Cc1nn(-c2ccccc2)c(C)c1NC(=O)C(C)Oc1ccccc1C#N. The van der Waals surface area contributed by atoms with Crippen LogP contribution >= 0.6 is 0 Å².